The first kappa shape index (κ1) is 12.7. The molecule has 5 aromatic rings. The van der Waals surface area contributed by atoms with Gasteiger partial charge in [-0.1, -0.05) is 36.4 Å². The number of rotatable bonds is 1. The predicted molar refractivity (Wildman–Crippen MR) is 95.7 cm³/mol. The minimum absolute atomic E-state index is 0.939. The van der Waals surface area contributed by atoms with Crippen LogP contribution in [0.25, 0.3) is 42.3 Å². The number of hydrogen-bond acceptors (Lipinski definition) is 4. The molecule has 3 nitrogen and oxygen atoms in total. The van der Waals surface area contributed by atoms with Gasteiger partial charge in [0.25, 0.3) is 0 Å². The van der Waals surface area contributed by atoms with Crippen molar-refractivity contribution in [2.45, 2.75) is 0 Å². The van der Waals surface area contributed by atoms with Gasteiger partial charge >= 0.3 is 0 Å². The summed E-state index contributed by atoms with van der Waals surface area (Å²) in [5.74, 6) is 0. The van der Waals surface area contributed by atoms with Crippen molar-refractivity contribution in [3.05, 3.63) is 67.3 Å². The van der Waals surface area contributed by atoms with Gasteiger partial charge in [0.15, 0.2) is 0 Å². The van der Waals surface area contributed by atoms with Gasteiger partial charge in [-0.05, 0) is 12.1 Å². The molecule has 0 radical (unpaired) electrons. The van der Waals surface area contributed by atoms with Crippen LogP contribution in [0.2, 0.25) is 0 Å². The molecule has 0 N–H and O–H groups in total. The average molecular weight is 313 g/mol. The summed E-state index contributed by atoms with van der Waals surface area (Å²) < 4.78 is 2.51. The normalized spacial score (nSPS) is 11.5. The molecule has 0 fully saturated rings. The first-order valence-electron chi connectivity index (χ1n) is 7.36. The van der Waals surface area contributed by atoms with Gasteiger partial charge < -0.3 is 0 Å². The fourth-order valence-electron chi connectivity index (χ4n) is 3.00. The zero-order chi connectivity index (χ0) is 15.2. The van der Waals surface area contributed by atoms with Crippen molar-refractivity contribution < 1.29 is 0 Å². The van der Waals surface area contributed by atoms with E-state index < -0.39 is 0 Å². The molecular formula is C19H11N3S. The van der Waals surface area contributed by atoms with E-state index in [-0.39, 0.29) is 0 Å². The van der Waals surface area contributed by atoms with Gasteiger partial charge in [0, 0.05) is 38.8 Å². The summed E-state index contributed by atoms with van der Waals surface area (Å²) >= 11 is 1.78. The Labute approximate surface area is 136 Å². The highest BCUT2D eigenvalue weighted by Crippen LogP contribution is 2.35. The molecule has 0 atom stereocenters. The van der Waals surface area contributed by atoms with E-state index in [0.29, 0.717) is 0 Å². The molecule has 5 rings (SSSR count). The first-order valence-corrected chi connectivity index (χ1v) is 8.18. The van der Waals surface area contributed by atoms with Crippen molar-refractivity contribution in [2.75, 3.05) is 0 Å². The number of aromatic nitrogens is 3. The smallest absolute Gasteiger partial charge is 0.116 e. The average Bonchev–Trinajstić information content (AvgIpc) is 2.99. The van der Waals surface area contributed by atoms with Gasteiger partial charge in [0.05, 0.1) is 15.9 Å². The van der Waals surface area contributed by atoms with Crippen LogP contribution in [-0.2, 0) is 0 Å². The van der Waals surface area contributed by atoms with Crippen LogP contribution in [0.4, 0.5) is 0 Å². The third-order valence-electron chi connectivity index (χ3n) is 4.07. The molecule has 0 saturated heterocycles. The van der Waals surface area contributed by atoms with E-state index in [0.717, 1.165) is 22.2 Å². The Balaban J connectivity index is 1.84. The van der Waals surface area contributed by atoms with Crippen LogP contribution in [0.3, 0.4) is 0 Å². The maximum Gasteiger partial charge on any atom is 0.116 e. The van der Waals surface area contributed by atoms with Crippen LogP contribution in [0.5, 0.6) is 0 Å². The molecule has 3 aromatic heterocycles. The lowest BCUT2D eigenvalue weighted by atomic mass is 10.1. The highest BCUT2D eigenvalue weighted by Gasteiger charge is 2.10. The number of benzene rings is 2. The molecular weight excluding hydrogens is 302 g/mol. The Morgan fingerprint density at radius 1 is 0.783 bits per heavy atom. The van der Waals surface area contributed by atoms with E-state index in [2.05, 4.69) is 51.4 Å². The summed E-state index contributed by atoms with van der Waals surface area (Å²) in [5, 5.41) is 3.56. The number of fused-ring (bicyclic) bond motifs is 4. The SMILES string of the molecule is c1cc(-c2cc3c(cn2)sc2ccccc23)c2ncncc2c1. The Morgan fingerprint density at radius 2 is 1.74 bits per heavy atom. The third-order valence-corrected chi connectivity index (χ3v) is 5.20. The summed E-state index contributed by atoms with van der Waals surface area (Å²) in [6.45, 7) is 0. The number of hydrogen-bond donors (Lipinski definition) is 0. The van der Waals surface area contributed by atoms with Crippen LogP contribution in [-0.4, -0.2) is 15.0 Å². The zero-order valence-electron chi connectivity index (χ0n) is 12.1. The number of para-hydroxylation sites is 1. The molecule has 0 bridgehead atoms. The second kappa shape index (κ2) is 4.83. The number of thiophene rings is 1. The molecule has 0 aliphatic rings. The molecule has 23 heavy (non-hydrogen) atoms. The van der Waals surface area contributed by atoms with E-state index in [4.69, 9.17) is 0 Å². The van der Waals surface area contributed by atoms with Crippen molar-refractivity contribution in [1.29, 1.82) is 0 Å². The van der Waals surface area contributed by atoms with Crippen molar-refractivity contribution in [3.63, 3.8) is 0 Å². The maximum absolute atomic E-state index is 4.67. The monoisotopic (exact) mass is 313 g/mol. The van der Waals surface area contributed by atoms with Crippen molar-refractivity contribution in [3.8, 4) is 11.3 Å². The molecule has 0 amide bonds. The molecule has 0 spiro atoms. The predicted octanol–water partition coefficient (Wildman–Crippen LogP) is 5.06. The lowest BCUT2D eigenvalue weighted by molar-refractivity contribution is 1.22. The summed E-state index contributed by atoms with van der Waals surface area (Å²) in [6.07, 6.45) is 5.39. The van der Waals surface area contributed by atoms with E-state index in [1.165, 1.54) is 20.2 Å². The van der Waals surface area contributed by atoms with Crippen LogP contribution in [0.1, 0.15) is 0 Å². The minimum atomic E-state index is 0.939. The van der Waals surface area contributed by atoms with Crippen LogP contribution in [0, 0.1) is 0 Å². The topological polar surface area (TPSA) is 38.7 Å². The Kier molecular flexibility index (Phi) is 2.66. The summed E-state index contributed by atoms with van der Waals surface area (Å²) in [7, 11) is 0. The summed E-state index contributed by atoms with van der Waals surface area (Å²) in [6, 6.07) is 16.8. The second-order valence-corrected chi connectivity index (χ2v) is 6.51. The molecule has 0 aliphatic heterocycles. The Hall–Kier alpha value is -2.85. The fourth-order valence-corrected chi connectivity index (χ4v) is 4.06. The Bertz CT molecular complexity index is 1170. The van der Waals surface area contributed by atoms with Crippen molar-refractivity contribution in [2.24, 2.45) is 0 Å². The van der Waals surface area contributed by atoms with Gasteiger partial charge in [0.2, 0.25) is 0 Å². The van der Waals surface area contributed by atoms with E-state index in [1.807, 2.05) is 24.5 Å². The Morgan fingerprint density at radius 3 is 2.74 bits per heavy atom. The molecule has 3 heterocycles. The zero-order valence-corrected chi connectivity index (χ0v) is 12.9. The van der Waals surface area contributed by atoms with Crippen molar-refractivity contribution in [1.82, 2.24) is 15.0 Å². The third kappa shape index (κ3) is 1.92. The second-order valence-electron chi connectivity index (χ2n) is 5.43. The van der Waals surface area contributed by atoms with Crippen LogP contribution < -0.4 is 0 Å². The number of nitrogens with zero attached hydrogens (tertiary/aromatic N) is 3. The molecule has 4 heteroatoms. The maximum atomic E-state index is 4.67. The highest BCUT2D eigenvalue weighted by molar-refractivity contribution is 7.25. The molecule has 108 valence electrons. The fraction of sp³-hybridized carbons (Fsp3) is 0. The van der Waals surface area contributed by atoms with Gasteiger partial charge in [-0.15, -0.1) is 11.3 Å². The van der Waals surface area contributed by atoms with Gasteiger partial charge in [-0.25, -0.2) is 9.97 Å². The van der Waals surface area contributed by atoms with Gasteiger partial charge in [-0.2, -0.15) is 0 Å². The van der Waals surface area contributed by atoms with Crippen LogP contribution >= 0.6 is 11.3 Å². The van der Waals surface area contributed by atoms with E-state index in [9.17, 15) is 0 Å². The molecule has 2 aromatic carbocycles. The van der Waals surface area contributed by atoms with E-state index in [1.54, 1.807) is 17.7 Å². The first-order chi connectivity index (χ1) is 11.4. The summed E-state index contributed by atoms with van der Waals surface area (Å²) in [4.78, 5) is 13.2. The largest absolute Gasteiger partial charge is 0.255 e. The van der Waals surface area contributed by atoms with Crippen molar-refractivity contribution >= 4 is 42.4 Å². The summed E-state index contributed by atoms with van der Waals surface area (Å²) in [5.41, 5.74) is 2.93. The lowest BCUT2D eigenvalue weighted by Crippen LogP contribution is -1.88. The van der Waals surface area contributed by atoms with E-state index >= 15 is 0 Å². The van der Waals surface area contributed by atoms with Crippen LogP contribution in [0.15, 0.2) is 67.3 Å². The minimum Gasteiger partial charge on any atom is -0.255 e. The number of pyridine rings is 1. The standard InChI is InChI=1S/C19H11N3S/c1-2-7-17-13(5-1)15-8-16(21-10-18(15)23-17)14-6-3-4-12-9-20-11-22-19(12)14/h1-11H. The van der Waals surface area contributed by atoms with Gasteiger partial charge in [-0.3, -0.25) is 4.98 Å². The molecule has 0 unspecified atom stereocenters. The van der Waals surface area contributed by atoms with Gasteiger partial charge in [0.1, 0.15) is 6.33 Å². The molecule has 0 aliphatic carbocycles. The quantitative estimate of drug-likeness (QED) is 0.434. The molecule has 0 saturated carbocycles. The lowest BCUT2D eigenvalue weighted by Gasteiger charge is -2.05. The highest BCUT2D eigenvalue weighted by atomic mass is 32.1.